The highest BCUT2D eigenvalue weighted by molar-refractivity contribution is 5.98. The van der Waals surface area contributed by atoms with Gasteiger partial charge in [-0.15, -0.1) is 0 Å². The molecule has 1 fully saturated rings. The molecule has 2 amide bonds. The summed E-state index contributed by atoms with van der Waals surface area (Å²) in [5, 5.41) is 5.56. The average molecular weight is 292 g/mol. The van der Waals surface area contributed by atoms with Crippen LogP contribution in [0.15, 0.2) is 18.2 Å². The fraction of sp³-hybridized carbons (Fsp3) is 0.467. The van der Waals surface area contributed by atoms with Crippen molar-refractivity contribution in [3.05, 3.63) is 23.8 Å². The minimum Gasteiger partial charge on any atom is -0.493 e. The van der Waals surface area contributed by atoms with Gasteiger partial charge in [0.2, 0.25) is 5.91 Å². The maximum atomic E-state index is 12.3. The number of methoxy groups -OCH3 is 2. The number of carbonyl (C=O) groups excluding carboxylic acids is 2. The predicted octanol–water partition coefficient (Wildman–Crippen LogP) is 1.10. The van der Waals surface area contributed by atoms with Gasteiger partial charge in [-0.2, -0.15) is 0 Å². The molecule has 114 valence electrons. The molecule has 1 atom stereocenters. The number of hydrogen-bond donors (Lipinski definition) is 2. The molecule has 0 bridgehead atoms. The summed E-state index contributed by atoms with van der Waals surface area (Å²) in [4.78, 5) is 24.1. The Bertz CT molecular complexity index is 530. The first kappa shape index (κ1) is 15.2. The molecule has 1 aliphatic rings. The Balaban J connectivity index is 2.10. The molecule has 6 heteroatoms. The van der Waals surface area contributed by atoms with Crippen molar-refractivity contribution in [1.29, 1.82) is 0 Å². The number of nitrogens with one attached hydrogen (secondary N) is 2. The second-order valence-corrected chi connectivity index (χ2v) is 4.88. The van der Waals surface area contributed by atoms with Gasteiger partial charge in [0.25, 0.3) is 5.91 Å². The van der Waals surface area contributed by atoms with Crippen LogP contribution in [0.4, 0.5) is 0 Å². The van der Waals surface area contributed by atoms with Crippen LogP contribution in [-0.2, 0) is 4.79 Å². The first-order valence-corrected chi connectivity index (χ1v) is 6.96. The number of hydrogen-bond acceptors (Lipinski definition) is 4. The lowest BCUT2D eigenvalue weighted by atomic mass is 10.1. The lowest BCUT2D eigenvalue weighted by molar-refractivity contribution is -0.122. The molecule has 0 aliphatic carbocycles. The zero-order valence-corrected chi connectivity index (χ0v) is 12.3. The molecule has 1 heterocycles. The van der Waals surface area contributed by atoms with E-state index in [2.05, 4.69) is 10.6 Å². The van der Waals surface area contributed by atoms with E-state index in [0.29, 0.717) is 30.0 Å². The van der Waals surface area contributed by atoms with E-state index in [1.165, 1.54) is 14.2 Å². The van der Waals surface area contributed by atoms with Crippen molar-refractivity contribution in [2.45, 2.75) is 25.3 Å². The van der Waals surface area contributed by atoms with Crippen LogP contribution in [0.25, 0.3) is 0 Å². The van der Waals surface area contributed by atoms with Crippen molar-refractivity contribution >= 4 is 11.8 Å². The van der Waals surface area contributed by atoms with Crippen molar-refractivity contribution < 1.29 is 19.1 Å². The van der Waals surface area contributed by atoms with Gasteiger partial charge in [-0.05, 0) is 37.5 Å². The SMILES string of the molecule is COc1ccc(C(=O)N[C@@H]2CCCCNC2=O)cc1OC. The molecular weight excluding hydrogens is 272 g/mol. The smallest absolute Gasteiger partial charge is 0.252 e. The van der Waals surface area contributed by atoms with Gasteiger partial charge in [-0.1, -0.05) is 0 Å². The number of amides is 2. The van der Waals surface area contributed by atoms with Crippen LogP contribution in [0.1, 0.15) is 29.6 Å². The molecule has 2 rings (SSSR count). The van der Waals surface area contributed by atoms with Gasteiger partial charge in [0.15, 0.2) is 11.5 Å². The first-order valence-electron chi connectivity index (χ1n) is 6.96. The molecule has 0 unspecified atom stereocenters. The quantitative estimate of drug-likeness (QED) is 0.871. The van der Waals surface area contributed by atoms with Gasteiger partial charge in [0.05, 0.1) is 14.2 Å². The van der Waals surface area contributed by atoms with Crippen molar-refractivity contribution in [1.82, 2.24) is 10.6 Å². The third-order valence-electron chi connectivity index (χ3n) is 3.49. The maximum Gasteiger partial charge on any atom is 0.252 e. The number of benzene rings is 1. The topological polar surface area (TPSA) is 76.7 Å². The molecule has 1 saturated heterocycles. The lowest BCUT2D eigenvalue weighted by Crippen LogP contribution is -2.45. The van der Waals surface area contributed by atoms with Crippen molar-refractivity contribution in [3.8, 4) is 11.5 Å². The standard InChI is InChI=1S/C15H20N2O4/c1-20-12-7-6-10(9-13(12)21-2)14(18)17-11-5-3-4-8-16-15(11)19/h6-7,9,11H,3-5,8H2,1-2H3,(H,16,19)(H,17,18)/t11-/m1/s1. The zero-order valence-electron chi connectivity index (χ0n) is 12.3. The van der Waals surface area contributed by atoms with E-state index >= 15 is 0 Å². The third-order valence-corrected chi connectivity index (χ3v) is 3.49. The summed E-state index contributed by atoms with van der Waals surface area (Å²) < 4.78 is 10.3. The van der Waals surface area contributed by atoms with Crippen molar-refractivity contribution in [3.63, 3.8) is 0 Å². The van der Waals surface area contributed by atoms with E-state index in [1.54, 1.807) is 18.2 Å². The highest BCUT2D eigenvalue weighted by Crippen LogP contribution is 2.27. The Morgan fingerprint density at radius 3 is 2.71 bits per heavy atom. The summed E-state index contributed by atoms with van der Waals surface area (Å²) in [7, 11) is 3.05. The van der Waals surface area contributed by atoms with E-state index in [0.717, 1.165) is 12.8 Å². The van der Waals surface area contributed by atoms with Gasteiger partial charge in [-0.25, -0.2) is 0 Å². The Hall–Kier alpha value is -2.24. The van der Waals surface area contributed by atoms with E-state index in [-0.39, 0.29) is 11.8 Å². The van der Waals surface area contributed by atoms with Crippen LogP contribution in [0.2, 0.25) is 0 Å². The van der Waals surface area contributed by atoms with Crippen LogP contribution in [0, 0.1) is 0 Å². The summed E-state index contributed by atoms with van der Waals surface area (Å²) >= 11 is 0. The van der Waals surface area contributed by atoms with Crippen LogP contribution in [0.3, 0.4) is 0 Å². The lowest BCUT2D eigenvalue weighted by Gasteiger charge is -2.16. The second kappa shape index (κ2) is 6.97. The average Bonchev–Trinajstić information content (AvgIpc) is 2.71. The fourth-order valence-corrected chi connectivity index (χ4v) is 2.30. The zero-order chi connectivity index (χ0) is 15.2. The van der Waals surface area contributed by atoms with Gasteiger partial charge < -0.3 is 20.1 Å². The number of rotatable bonds is 4. The Morgan fingerprint density at radius 2 is 2.00 bits per heavy atom. The maximum absolute atomic E-state index is 12.3. The second-order valence-electron chi connectivity index (χ2n) is 4.88. The predicted molar refractivity (Wildman–Crippen MR) is 77.7 cm³/mol. The summed E-state index contributed by atoms with van der Waals surface area (Å²) in [6.45, 7) is 0.668. The molecule has 2 N–H and O–H groups in total. The molecule has 0 radical (unpaired) electrons. The normalized spacial score (nSPS) is 18.4. The molecular formula is C15H20N2O4. The minimum absolute atomic E-state index is 0.124. The molecule has 1 aliphatic heterocycles. The highest BCUT2D eigenvalue weighted by atomic mass is 16.5. The van der Waals surface area contributed by atoms with Crippen LogP contribution in [0.5, 0.6) is 11.5 Å². The molecule has 0 spiro atoms. The fourth-order valence-electron chi connectivity index (χ4n) is 2.30. The van der Waals surface area contributed by atoms with Crippen molar-refractivity contribution in [2.24, 2.45) is 0 Å². The van der Waals surface area contributed by atoms with Crippen LogP contribution >= 0.6 is 0 Å². The molecule has 1 aromatic carbocycles. The monoisotopic (exact) mass is 292 g/mol. The van der Waals surface area contributed by atoms with Gasteiger partial charge in [0, 0.05) is 12.1 Å². The third kappa shape index (κ3) is 3.65. The van der Waals surface area contributed by atoms with E-state index in [1.807, 2.05) is 0 Å². The summed E-state index contributed by atoms with van der Waals surface area (Å²) in [5.74, 6) is 0.621. The van der Waals surface area contributed by atoms with E-state index in [4.69, 9.17) is 9.47 Å². The highest BCUT2D eigenvalue weighted by Gasteiger charge is 2.23. The summed E-state index contributed by atoms with van der Waals surface area (Å²) in [6.07, 6.45) is 2.51. The Morgan fingerprint density at radius 1 is 1.24 bits per heavy atom. The van der Waals surface area contributed by atoms with Gasteiger partial charge >= 0.3 is 0 Å². The molecule has 1 aromatic rings. The van der Waals surface area contributed by atoms with Crippen LogP contribution in [-0.4, -0.2) is 38.6 Å². The number of ether oxygens (including phenoxy) is 2. The van der Waals surface area contributed by atoms with Gasteiger partial charge in [0.1, 0.15) is 6.04 Å². The van der Waals surface area contributed by atoms with Crippen LogP contribution < -0.4 is 20.1 Å². The summed E-state index contributed by atoms with van der Waals surface area (Å²) in [5.41, 5.74) is 0.435. The number of carbonyl (C=O) groups is 2. The minimum atomic E-state index is -0.479. The molecule has 21 heavy (non-hydrogen) atoms. The largest absolute Gasteiger partial charge is 0.493 e. The molecule has 0 saturated carbocycles. The Labute approximate surface area is 123 Å². The Kier molecular flexibility index (Phi) is 5.03. The van der Waals surface area contributed by atoms with Crippen molar-refractivity contribution in [2.75, 3.05) is 20.8 Å². The van der Waals surface area contributed by atoms with E-state index in [9.17, 15) is 9.59 Å². The van der Waals surface area contributed by atoms with E-state index < -0.39 is 6.04 Å². The first-order chi connectivity index (χ1) is 10.2. The molecule has 6 nitrogen and oxygen atoms in total. The van der Waals surface area contributed by atoms with Gasteiger partial charge in [-0.3, -0.25) is 9.59 Å². The summed E-state index contributed by atoms with van der Waals surface area (Å²) in [6, 6.07) is 4.43. The molecule has 0 aromatic heterocycles.